The Hall–Kier alpha value is -3.64. The van der Waals surface area contributed by atoms with E-state index in [0.29, 0.717) is 25.6 Å². The van der Waals surface area contributed by atoms with Crippen molar-refractivity contribution in [1.29, 1.82) is 0 Å². The molecule has 0 saturated carbocycles. The molecule has 2 heterocycles. The molecule has 0 radical (unpaired) electrons. The first-order valence-electron chi connectivity index (χ1n) is 16.4. The molecule has 2 aliphatic heterocycles. The molecule has 1 fully saturated rings. The molecule has 0 spiro atoms. The van der Waals surface area contributed by atoms with Gasteiger partial charge in [0.1, 0.15) is 23.0 Å². The highest BCUT2D eigenvalue weighted by Gasteiger charge is 2.54. The minimum Gasteiger partial charge on any atom is -0.497 e. The van der Waals surface area contributed by atoms with Crippen molar-refractivity contribution in [3.8, 4) is 11.5 Å². The fraction of sp³-hybridized carbons (Fsp3) is 0.486. The summed E-state index contributed by atoms with van der Waals surface area (Å²) >= 11 is 0. The minimum atomic E-state index is -4.06. The topological polar surface area (TPSA) is 124 Å². The normalized spacial score (nSPS) is 21.3. The van der Waals surface area contributed by atoms with E-state index >= 15 is 0 Å². The van der Waals surface area contributed by atoms with Crippen molar-refractivity contribution in [3.63, 3.8) is 0 Å². The van der Waals surface area contributed by atoms with Gasteiger partial charge in [-0.1, -0.05) is 35.9 Å². The number of carboxylic acids is 1. The van der Waals surface area contributed by atoms with Crippen LogP contribution in [0, 0.1) is 12.3 Å². The van der Waals surface area contributed by atoms with E-state index in [0.717, 1.165) is 47.6 Å². The van der Waals surface area contributed by atoms with Crippen LogP contribution in [0.2, 0.25) is 0 Å². The number of methoxy groups -OCH3 is 2. The average Bonchev–Trinajstić information content (AvgIpc) is 3.08. The molecule has 0 aliphatic carbocycles. The zero-order chi connectivity index (χ0) is 34.5. The van der Waals surface area contributed by atoms with Gasteiger partial charge in [-0.05, 0) is 87.6 Å². The number of sulfone groups is 1. The van der Waals surface area contributed by atoms with Gasteiger partial charge in [0.15, 0.2) is 9.84 Å². The molecule has 0 unspecified atom stereocenters. The molecule has 0 aromatic heterocycles. The zero-order valence-electron chi connectivity index (χ0n) is 28.5. The fourth-order valence-electron chi connectivity index (χ4n) is 6.76. The van der Waals surface area contributed by atoms with Crippen molar-refractivity contribution >= 4 is 21.5 Å². The SMILES string of the molecule is COCCCN1CCOc2ccc(CO[C@H]3CN[C@](CC(C)(C)C(=O)O)(S(=O)(=O)c4ccc(C)cc4)C[C@@H]3c3ccc(OC)cc3)cc21. The van der Waals surface area contributed by atoms with Crippen molar-refractivity contribution in [2.45, 2.75) is 68.4 Å². The maximum absolute atomic E-state index is 14.6. The molecule has 0 amide bonds. The van der Waals surface area contributed by atoms with Crippen LogP contribution in [-0.4, -0.2) is 77.5 Å². The second-order valence-electron chi connectivity index (χ2n) is 13.5. The van der Waals surface area contributed by atoms with Crippen molar-refractivity contribution in [2.75, 3.05) is 52.0 Å². The number of nitrogens with one attached hydrogen (secondary N) is 1. The number of fused-ring (bicyclic) bond motifs is 1. The lowest BCUT2D eigenvalue weighted by Gasteiger charge is -2.47. The van der Waals surface area contributed by atoms with Crippen LogP contribution in [0.5, 0.6) is 11.5 Å². The van der Waals surface area contributed by atoms with E-state index in [1.165, 1.54) is 0 Å². The van der Waals surface area contributed by atoms with Gasteiger partial charge >= 0.3 is 5.97 Å². The lowest BCUT2D eigenvalue weighted by Crippen LogP contribution is -2.62. The summed E-state index contributed by atoms with van der Waals surface area (Å²) in [4.78, 5) is 13.3. The average molecular weight is 681 g/mol. The van der Waals surface area contributed by atoms with Crippen molar-refractivity contribution < 1.29 is 37.3 Å². The maximum atomic E-state index is 14.6. The highest BCUT2D eigenvalue weighted by molar-refractivity contribution is 7.92. The summed E-state index contributed by atoms with van der Waals surface area (Å²) in [5.41, 5.74) is 2.49. The van der Waals surface area contributed by atoms with Gasteiger partial charge in [-0.25, -0.2) is 8.42 Å². The quantitative estimate of drug-likeness (QED) is 0.209. The van der Waals surface area contributed by atoms with Crippen LogP contribution in [0.15, 0.2) is 71.6 Å². The Kier molecular flexibility index (Phi) is 11.0. The van der Waals surface area contributed by atoms with E-state index in [-0.39, 0.29) is 30.2 Å². The number of carboxylic acid groups (broad SMARTS) is 1. The Bertz CT molecular complexity index is 1660. The van der Waals surface area contributed by atoms with E-state index in [4.69, 9.17) is 18.9 Å². The lowest BCUT2D eigenvalue weighted by molar-refractivity contribution is -0.148. The smallest absolute Gasteiger partial charge is 0.309 e. The summed E-state index contributed by atoms with van der Waals surface area (Å²) in [5.74, 6) is 0.0929. The number of aryl methyl sites for hydroxylation is 1. The van der Waals surface area contributed by atoms with E-state index in [9.17, 15) is 18.3 Å². The van der Waals surface area contributed by atoms with Gasteiger partial charge in [-0.2, -0.15) is 0 Å². The highest BCUT2D eigenvalue weighted by atomic mass is 32.2. The van der Waals surface area contributed by atoms with Crippen LogP contribution < -0.4 is 19.7 Å². The molecule has 2 N–H and O–H groups in total. The summed E-state index contributed by atoms with van der Waals surface area (Å²) < 4.78 is 52.4. The van der Waals surface area contributed by atoms with Crippen LogP contribution in [0.1, 0.15) is 55.7 Å². The van der Waals surface area contributed by atoms with Gasteiger partial charge in [0.05, 0.1) is 42.4 Å². The number of hydrogen-bond donors (Lipinski definition) is 2. The number of hydrogen-bond acceptors (Lipinski definition) is 9. The first kappa shape index (κ1) is 35.7. The van der Waals surface area contributed by atoms with Gasteiger partial charge in [0.25, 0.3) is 0 Å². The Morgan fingerprint density at radius 1 is 1.08 bits per heavy atom. The summed E-state index contributed by atoms with van der Waals surface area (Å²) in [6.45, 7) is 8.50. The van der Waals surface area contributed by atoms with Gasteiger partial charge in [-0.15, -0.1) is 0 Å². The summed E-state index contributed by atoms with van der Waals surface area (Å²) in [6.07, 6.45) is 0.481. The Labute approximate surface area is 284 Å². The number of piperidine rings is 1. The number of aliphatic carboxylic acids is 1. The predicted octanol–water partition coefficient (Wildman–Crippen LogP) is 5.57. The first-order chi connectivity index (χ1) is 22.9. The number of anilines is 1. The van der Waals surface area contributed by atoms with Gasteiger partial charge in [0.2, 0.25) is 0 Å². The molecule has 2 aliphatic rings. The van der Waals surface area contributed by atoms with Gasteiger partial charge < -0.3 is 29.0 Å². The van der Waals surface area contributed by atoms with Crippen LogP contribution in [0.4, 0.5) is 5.69 Å². The maximum Gasteiger partial charge on any atom is 0.309 e. The third-order valence-electron chi connectivity index (χ3n) is 9.54. The van der Waals surface area contributed by atoms with Crippen LogP contribution in [-0.2, 0) is 30.7 Å². The molecular formula is C37H48N2O8S. The van der Waals surface area contributed by atoms with Gasteiger partial charge in [0, 0.05) is 32.7 Å². The number of ether oxygens (including phenoxy) is 4. The molecular weight excluding hydrogens is 632 g/mol. The Balaban J connectivity index is 1.48. The second kappa shape index (κ2) is 14.9. The first-order valence-corrected chi connectivity index (χ1v) is 17.9. The van der Waals surface area contributed by atoms with Gasteiger partial charge in [-0.3, -0.25) is 10.1 Å². The van der Waals surface area contributed by atoms with E-state index in [1.54, 1.807) is 52.3 Å². The van der Waals surface area contributed by atoms with Crippen molar-refractivity contribution in [2.24, 2.45) is 5.41 Å². The molecule has 48 heavy (non-hydrogen) atoms. The number of nitrogens with zero attached hydrogens (tertiary/aromatic N) is 1. The standard InChI is InChI=1S/C37H48N2O8S/c1-26-7-14-30(15-8-26)48(42,43)37(25-36(2,3)35(40)41)22-31(28-10-12-29(45-5)13-11-28)34(23-38-37)47-24-27-9-16-33-32(21-27)39(18-20-46-33)17-6-19-44-4/h7-16,21,31,34,38H,6,17-20,22-25H2,1-5H3,(H,40,41)/t31-,34+,37+/m1/s1. The molecule has 260 valence electrons. The van der Waals surface area contributed by atoms with Crippen molar-refractivity contribution in [3.05, 3.63) is 83.4 Å². The summed E-state index contributed by atoms with van der Waals surface area (Å²) in [6, 6.07) is 20.4. The molecule has 3 aromatic rings. The second-order valence-corrected chi connectivity index (χ2v) is 15.7. The molecule has 3 aromatic carbocycles. The van der Waals surface area contributed by atoms with E-state index in [2.05, 4.69) is 16.3 Å². The summed E-state index contributed by atoms with van der Waals surface area (Å²) in [5, 5.41) is 13.5. The van der Waals surface area contributed by atoms with Crippen LogP contribution >= 0.6 is 0 Å². The fourth-order valence-corrected chi connectivity index (χ4v) is 8.93. The lowest BCUT2D eigenvalue weighted by atomic mass is 9.77. The molecule has 5 rings (SSSR count). The number of benzene rings is 3. The minimum absolute atomic E-state index is 0.113. The largest absolute Gasteiger partial charge is 0.497 e. The van der Waals surface area contributed by atoms with E-state index in [1.807, 2.05) is 43.3 Å². The van der Waals surface area contributed by atoms with E-state index < -0.39 is 32.2 Å². The summed E-state index contributed by atoms with van der Waals surface area (Å²) in [7, 11) is -0.757. The monoisotopic (exact) mass is 680 g/mol. The highest BCUT2D eigenvalue weighted by Crippen LogP contribution is 2.46. The molecule has 1 saturated heterocycles. The molecule has 3 atom stereocenters. The van der Waals surface area contributed by atoms with Crippen LogP contribution in [0.25, 0.3) is 0 Å². The Morgan fingerprint density at radius 2 is 1.81 bits per heavy atom. The molecule has 11 heteroatoms. The molecule has 10 nitrogen and oxygen atoms in total. The number of rotatable bonds is 14. The van der Waals surface area contributed by atoms with Crippen molar-refractivity contribution in [1.82, 2.24) is 5.32 Å². The predicted molar refractivity (Wildman–Crippen MR) is 185 cm³/mol. The third-order valence-corrected chi connectivity index (χ3v) is 11.9. The third kappa shape index (κ3) is 7.64. The zero-order valence-corrected chi connectivity index (χ0v) is 29.3. The molecule has 0 bridgehead atoms. The van der Waals surface area contributed by atoms with Crippen LogP contribution in [0.3, 0.4) is 0 Å². The number of carbonyl (C=O) groups is 1. The Morgan fingerprint density at radius 3 is 2.48 bits per heavy atom.